The van der Waals surface area contributed by atoms with Gasteiger partial charge in [0.2, 0.25) is 0 Å². The first-order chi connectivity index (χ1) is 7.81. The van der Waals surface area contributed by atoms with Gasteiger partial charge in [0.05, 0.1) is 0 Å². The lowest BCUT2D eigenvalue weighted by Crippen LogP contribution is -2.31. The summed E-state index contributed by atoms with van der Waals surface area (Å²) < 4.78 is 1.26. The predicted octanol–water partition coefficient (Wildman–Crippen LogP) is 3.63. The van der Waals surface area contributed by atoms with Crippen molar-refractivity contribution in [2.45, 2.75) is 25.7 Å². The monoisotopic (exact) mass is 281 g/mol. The Morgan fingerprint density at radius 2 is 2.12 bits per heavy atom. The van der Waals surface area contributed by atoms with Crippen LogP contribution in [-0.4, -0.2) is 13.6 Å². The van der Waals surface area contributed by atoms with Crippen molar-refractivity contribution in [2.75, 3.05) is 13.6 Å². The van der Waals surface area contributed by atoms with Crippen LogP contribution in [0, 0.1) is 11.8 Å². The molecule has 1 aliphatic rings. The van der Waals surface area contributed by atoms with E-state index in [1.54, 1.807) is 0 Å². The molecule has 0 spiro atoms. The van der Waals surface area contributed by atoms with E-state index in [2.05, 4.69) is 52.6 Å². The smallest absolute Gasteiger partial charge is 0.0207 e. The highest BCUT2D eigenvalue weighted by Crippen LogP contribution is 2.35. The van der Waals surface area contributed by atoms with Crippen molar-refractivity contribution in [1.82, 2.24) is 5.32 Å². The molecule has 1 aromatic rings. The summed E-state index contributed by atoms with van der Waals surface area (Å²) in [5, 5.41) is 3.34. The van der Waals surface area contributed by atoms with Gasteiger partial charge >= 0.3 is 0 Å². The van der Waals surface area contributed by atoms with Gasteiger partial charge in [0, 0.05) is 4.47 Å². The Morgan fingerprint density at radius 1 is 1.38 bits per heavy atom. The van der Waals surface area contributed by atoms with E-state index < -0.39 is 0 Å². The molecule has 0 saturated heterocycles. The summed E-state index contributed by atoms with van der Waals surface area (Å²) in [5.74, 6) is 1.75. The van der Waals surface area contributed by atoms with E-state index in [0.29, 0.717) is 0 Å². The average Bonchev–Trinajstić information content (AvgIpc) is 2.19. The van der Waals surface area contributed by atoms with Gasteiger partial charge in [-0.2, -0.15) is 0 Å². The fraction of sp³-hybridized carbons (Fsp3) is 0.571. The van der Waals surface area contributed by atoms with Crippen LogP contribution in [0.25, 0.3) is 0 Å². The van der Waals surface area contributed by atoms with Crippen molar-refractivity contribution in [3.8, 4) is 0 Å². The van der Waals surface area contributed by atoms with E-state index in [4.69, 9.17) is 0 Å². The molecular weight excluding hydrogens is 262 g/mol. The van der Waals surface area contributed by atoms with Crippen molar-refractivity contribution in [3.05, 3.63) is 34.3 Å². The van der Waals surface area contributed by atoms with Gasteiger partial charge in [0.15, 0.2) is 0 Å². The van der Waals surface area contributed by atoms with Gasteiger partial charge in [-0.1, -0.05) is 53.4 Å². The molecule has 0 aliphatic heterocycles. The van der Waals surface area contributed by atoms with Crippen LogP contribution in [0.5, 0.6) is 0 Å². The van der Waals surface area contributed by atoms with Crippen LogP contribution in [0.15, 0.2) is 28.7 Å². The summed E-state index contributed by atoms with van der Waals surface area (Å²) in [6.07, 6.45) is 5.49. The summed E-state index contributed by atoms with van der Waals surface area (Å²) in [6.45, 7) is 1.14. The fourth-order valence-electron chi connectivity index (χ4n) is 2.53. The van der Waals surface area contributed by atoms with Gasteiger partial charge < -0.3 is 5.32 Å². The topological polar surface area (TPSA) is 12.0 Å². The molecule has 1 fully saturated rings. The number of benzene rings is 1. The molecule has 1 atom stereocenters. The van der Waals surface area contributed by atoms with Crippen molar-refractivity contribution >= 4 is 15.9 Å². The molecule has 0 amide bonds. The standard InChI is InChI=1S/C14H20BrN/c1-16-10-13(11-6-4-7-11)9-12-5-2-3-8-14(12)15/h2-3,5,8,11,13,16H,4,6-7,9-10H2,1H3. The second kappa shape index (κ2) is 5.83. The van der Waals surface area contributed by atoms with Crippen LogP contribution in [0.3, 0.4) is 0 Å². The summed E-state index contributed by atoms with van der Waals surface area (Å²) in [5.41, 5.74) is 1.45. The molecule has 1 N–H and O–H groups in total. The third-order valence-electron chi connectivity index (χ3n) is 3.72. The summed E-state index contributed by atoms with van der Waals surface area (Å²) in [6, 6.07) is 8.61. The molecule has 0 heterocycles. The molecule has 0 aromatic heterocycles. The molecule has 88 valence electrons. The number of hydrogen-bond acceptors (Lipinski definition) is 1. The maximum Gasteiger partial charge on any atom is 0.0207 e. The molecule has 1 unspecified atom stereocenters. The fourth-order valence-corrected chi connectivity index (χ4v) is 2.97. The Balaban J connectivity index is 2.01. The molecule has 2 heteroatoms. The highest BCUT2D eigenvalue weighted by Gasteiger charge is 2.27. The van der Waals surface area contributed by atoms with Crippen molar-refractivity contribution in [2.24, 2.45) is 11.8 Å². The molecule has 0 bridgehead atoms. The molecule has 16 heavy (non-hydrogen) atoms. The van der Waals surface area contributed by atoms with Crippen LogP contribution in [-0.2, 0) is 6.42 Å². The van der Waals surface area contributed by atoms with Crippen LogP contribution >= 0.6 is 15.9 Å². The quantitative estimate of drug-likeness (QED) is 0.869. The van der Waals surface area contributed by atoms with Gasteiger partial charge in [-0.15, -0.1) is 0 Å². The summed E-state index contributed by atoms with van der Waals surface area (Å²) in [4.78, 5) is 0. The SMILES string of the molecule is CNCC(Cc1ccccc1Br)C1CCC1. The number of hydrogen-bond donors (Lipinski definition) is 1. The van der Waals surface area contributed by atoms with E-state index >= 15 is 0 Å². The first-order valence-electron chi connectivity index (χ1n) is 6.19. The molecule has 0 radical (unpaired) electrons. The second-order valence-electron chi connectivity index (χ2n) is 4.80. The largest absolute Gasteiger partial charge is 0.319 e. The van der Waals surface area contributed by atoms with Crippen molar-refractivity contribution < 1.29 is 0 Å². The van der Waals surface area contributed by atoms with Crippen LogP contribution in [0.2, 0.25) is 0 Å². The zero-order valence-electron chi connectivity index (χ0n) is 9.88. The van der Waals surface area contributed by atoms with Crippen molar-refractivity contribution in [3.63, 3.8) is 0 Å². The minimum Gasteiger partial charge on any atom is -0.319 e. The molecule has 1 aromatic carbocycles. The highest BCUT2D eigenvalue weighted by atomic mass is 79.9. The number of nitrogens with one attached hydrogen (secondary N) is 1. The summed E-state index contributed by atoms with van der Waals surface area (Å²) in [7, 11) is 2.06. The highest BCUT2D eigenvalue weighted by molar-refractivity contribution is 9.10. The lowest BCUT2D eigenvalue weighted by atomic mass is 9.73. The molecule has 1 aliphatic carbocycles. The molecule has 1 nitrogen and oxygen atoms in total. The maximum absolute atomic E-state index is 3.64. The Bertz CT molecular complexity index is 333. The van der Waals surface area contributed by atoms with Gasteiger partial charge in [0.1, 0.15) is 0 Å². The van der Waals surface area contributed by atoms with Gasteiger partial charge in [-0.3, -0.25) is 0 Å². The van der Waals surface area contributed by atoms with Gasteiger partial charge in [-0.25, -0.2) is 0 Å². The molecule has 1 saturated carbocycles. The average molecular weight is 282 g/mol. The lowest BCUT2D eigenvalue weighted by Gasteiger charge is -2.34. The molecule has 2 rings (SSSR count). The Labute approximate surface area is 107 Å². The van der Waals surface area contributed by atoms with E-state index in [1.165, 1.54) is 35.7 Å². The Hall–Kier alpha value is -0.340. The van der Waals surface area contributed by atoms with Crippen molar-refractivity contribution in [1.29, 1.82) is 0 Å². The van der Waals surface area contributed by atoms with E-state index in [0.717, 1.165) is 18.4 Å². The van der Waals surface area contributed by atoms with Crippen LogP contribution in [0.1, 0.15) is 24.8 Å². The Kier molecular flexibility index (Phi) is 4.42. The number of halogens is 1. The zero-order valence-corrected chi connectivity index (χ0v) is 11.5. The zero-order chi connectivity index (χ0) is 11.4. The summed E-state index contributed by atoms with van der Waals surface area (Å²) >= 11 is 3.64. The third-order valence-corrected chi connectivity index (χ3v) is 4.50. The van der Waals surface area contributed by atoms with Gasteiger partial charge in [0.25, 0.3) is 0 Å². The normalized spacial score (nSPS) is 18.1. The minimum absolute atomic E-state index is 0.803. The third kappa shape index (κ3) is 2.86. The number of rotatable bonds is 5. The molecular formula is C14H20BrN. The van der Waals surface area contributed by atoms with E-state index in [1.807, 2.05) is 0 Å². The van der Waals surface area contributed by atoms with E-state index in [9.17, 15) is 0 Å². The van der Waals surface area contributed by atoms with Crippen LogP contribution < -0.4 is 5.32 Å². The van der Waals surface area contributed by atoms with Gasteiger partial charge in [-0.05, 0) is 43.5 Å². The second-order valence-corrected chi connectivity index (χ2v) is 5.66. The first-order valence-corrected chi connectivity index (χ1v) is 6.98. The minimum atomic E-state index is 0.803. The van der Waals surface area contributed by atoms with Crippen LogP contribution in [0.4, 0.5) is 0 Å². The first kappa shape index (κ1) is 12.1. The van der Waals surface area contributed by atoms with E-state index in [-0.39, 0.29) is 0 Å². The Morgan fingerprint density at radius 3 is 2.69 bits per heavy atom. The predicted molar refractivity (Wildman–Crippen MR) is 72.6 cm³/mol. The maximum atomic E-state index is 3.64. The lowest BCUT2D eigenvalue weighted by molar-refractivity contribution is 0.202.